The van der Waals surface area contributed by atoms with E-state index >= 15 is 0 Å². The van der Waals surface area contributed by atoms with Crippen molar-refractivity contribution in [1.82, 2.24) is 5.32 Å². The highest BCUT2D eigenvalue weighted by molar-refractivity contribution is 4.80. The molecule has 0 radical (unpaired) electrons. The molecule has 1 heteroatoms. The summed E-state index contributed by atoms with van der Waals surface area (Å²) >= 11 is 0. The van der Waals surface area contributed by atoms with Gasteiger partial charge in [-0.1, -0.05) is 46.5 Å². The molecule has 1 saturated heterocycles. The molecular weight excluding hydrogens is 182 g/mol. The number of hydrogen-bond donors (Lipinski definition) is 1. The van der Waals surface area contributed by atoms with Crippen LogP contribution in [0.5, 0.6) is 0 Å². The Morgan fingerprint density at radius 2 is 1.87 bits per heavy atom. The van der Waals surface area contributed by atoms with Gasteiger partial charge >= 0.3 is 0 Å². The summed E-state index contributed by atoms with van der Waals surface area (Å²) in [5.41, 5.74) is 0.534. The first-order valence-corrected chi connectivity index (χ1v) is 6.87. The molecule has 0 aromatic rings. The van der Waals surface area contributed by atoms with Crippen LogP contribution >= 0.6 is 0 Å². The molecule has 0 bridgehead atoms. The third kappa shape index (κ3) is 4.55. The minimum Gasteiger partial charge on any atom is -0.316 e. The van der Waals surface area contributed by atoms with Gasteiger partial charge in [0.1, 0.15) is 0 Å². The third-order valence-corrected chi connectivity index (χ3v) is 4.05. The molecule has 0 aromatic carbocycles. The van der Waals surface area contributed by atoms with E-state index in [9.17, 15) is 0 Å². The Bertz CT molecular complexity index is 153. The summed E-state index contributed by atoms with van der Waals surface area (Å²) in [6.45, 7) is 9.71. The van der Waals surface area contributed by atoms with Gasteiger partial charge in [-0.15, -0.1) is 0 Å². The zero-order chi connectivity index (χ0) is 11.1. The molecule has 1 N–H and O–H groups in total. The van der Waals surface area contributed by atoms with Crippen LogP contribution in [-0.4, -0.2) is 13.1 Å². The molecule has 1 rings (SSSR count). The van der Waals surface area contributed by atoms with Crippen molar-refractivity contribution in [2.75, 3.05) is 13.1 Å². The van der Waals surface area contributed by atoms with E-state index in [-0.39, 0.29) is 0 Å². The molecule has 90 valence electrons. The van der Waals surface area contributed by atoms with Gasteiger partial charge in [-0.2, -0.15) is 0 Å². The Hall–Kier alpha value is -0.0400. The molecule has 0 saturated carbocycles. The molecule has 1 heterocycles. The van der Waals surface area contributed by atoms with E-state index in [2.05, 4.69) is 26.1 Å². The lowest BCUT2D eigenvalue weighted by molar-refractivity contribution is 0.175. The highest BCUT2D eigenvalue weighted by atomic mass is 14.9. The smallest absolute Gasteiger partial charge is 0.00154 e. The third-order valence-electron chi connectivity index (χ3n) is 4.05. The molecule has 1 nitrogen and oxygen atoms in total. The second-order valence-electron chi connectivity index (χ2n) is 5.84. The van der Waals surface area contributed by atoms with E-state index in [4.69, 9.17) is 0 Å². The lowest BCUT2D eigenvalue weighted by atomic mass is 9.73. The van der Waals surface area contributed by atoms with Crippen molar-refractivity contribution < 1.29 is 0 Å². The summed E-state index contributed by atoms with van der Waals surface area (Å²) in [5.74, 6) is 0.885. The summed E-state index contributed by atoms with van der Waals surface area (Å²) in [7, 11) is 0. The molecule has 0 spiro atoms. The van der Waals surface area contributed by atoms with E-state index in [1.807, 2.05) is 0 Å². The molecule has 1 aliphatic rings. The Labute approximate surface area is 96.0 Å². The first-order valence-electron chi connectivity index (χ1n) is 6.87. The van der Waals surface area contributed by atoms with Crippen molar-refractivity contribution in [3.8, 4) is 0 Å². The maximum absolute atomic E-state index is 3.64. The van der Waals surface area contributed by atoms with Crippen LogP contribution in [0.25, 0.3) is 0 Å². The molecule has 0 aromatic heterocycles. The largest absolute Gasteiger partial charge is 0.316 e. The van der Waals surface area contributed by atoms with E-state index in [1.165, 1.54) is 58.0 Å². The molecule has 0 aliphatic carbocycles. The average Bonchev–Trinajstić information content (AvgIpc) is 2.30. The standard InChI is InChI=1S/C14H29N/c1-4-10-14(2,3)13-9-7-5-6-8-11-15-12-13/h13,15H,4-12H2,1-3H3. The van der Waals surface area contributed by atoms with Gasteiger partial charge < -0.3 is 5.32 Å². The van der Waals surface area contributed by atoms with Crippen molar-refractivity contribution in [2.24, 2.45) is 11.3 Å². The van der Waals surface area contributed by atoms with Gasteiger partial charge in [0.2, 0.25) is 0 Å². The van der Waals surface area contributed by atoms with Crippen LogP contribution in [0.4, 0.5) is 0 Å². The van der Waals surface area contributed by atoms with Crippen molar-refractivity contribution in [2.45, 2.75) is 65.7 Å². The van der Waals surface area contributed by atoms with Crippen molar-refractivity contribution in [3.63, 3.8) is 0 Å². The molecule has 1 atom stereocenters. The zero-order valence-corrected chi connectivity index (χ0v) is 10.9. The molecule has 1 fully saturated rings. The van der Waals surface area contributed by atoms with Gasteiger partial charge in [-0.25, -0.2) is 0 Å². The maximum Gasteiger partial charge on any atom is -0.00154 e. The monoisotopic (exact) mass is 211 g/mol. The highest BCUT2D eigenvalue weighted by Crippen LogP contribution is 2.35. The topological polar surface area (TPSA) is 12.0 Å². The highest BCUT2D eigenvalue weighted by Gasteiger charge is 2.27. The Kier molecular flexibility index (Phi) is 5.66. The first-order chi connectivity index (χ1) is 7.17. The Morgan fingerprint density at radius 1 is 1.13 bits per heavy atom. The summed E-state index contributed by atoms with van der Waals surface area (Å²) in [6, 6.07) is 0. The minimum absolute atomic E-state index is 0.534. The maximum atomic E-state index is 3.64. The lowest BCUT2D eigenvalue weighted by Gasteiger charge is -2.34. The van der Waals surface area contributed by atoms with Crippen molar-refractivity contribution in [3.05, 3.63) is 0 Å². The zero-order valence-electron chi connectivity index (χ0n) is 10.9. The minimum atomic E-state index is 0.534. The van der Waals surface area contributed by atoms with E-state index < -0.39 is 0 Å². The second kappa shape index (κ2) is 6.52. The molecule has 1 aliphatic heterocycles. The lowest BCUT2D eigenvalue weighted by Crippen LogP contribution is -2.33. The molecule has 15 heavy (non-hydrogen) atoms. The van der Waals surface area contributed by atoms with Gasteiger partial charge in [0, 0.05) is 0 Å². The number of nitrogens with one attached hydrogen (secondary N) is 1. The predicted molar refractivity (Wildman–Crippen MR) is 68.1 cm³/mol. The molecule has 0 amide bonds. The van der Waals surface area contributed by atoms with E-state index in [0.717, 1.165) is 5.92 Å². The van der Waals surface area contributed by atoms with Crippen LogP contribution in [0.1, 0.15) is 65.7 Å². The van der Waals surface area contributed by atoms with Gasteiger partial charge in [0.15, 0.2) is 0 Å². The Balaban J connectivity index is 2.47. The fraction of sp³-hybridized carbons (Fsp3) is 1.00. The molecule has 1 unspecified atom stereocenters. The summed E-state index contributed by atoms with van der Waals surface area (Å²) < 4.78 is 0. The van der Waals surface area contributed by atoms with E-state index in [0.29, 0.717) is 5.41 Å². The SMILES string of the molecule is CCCC(C)(C)C1CCCCCCNC1. The fourth-order valence-corrected chi connectivity index (χ4v) is 2.89. The fourth-order valence-electron chi connectivity index (χ4n) is 2.89. The van der Waals surface area contributed by atoms with Gasteiger partial charge in [0.25, 0.3) is 0 Å². The first kappa shape index (κ1) is 13.0. The predicted octanol–water partition coefficient (Wildman–Crippen LogP) is 3.98. The number of rotatable bonds is 3. The van der Waals surface area contributed by atoms with Gasteiger partial charge in [-0.05, 0) is 43.7 Å². The van der Waals surface area contributed by atoms with Crippen LogP contribution in [0, 0.1) is 11.3 Å². The van der Waals surface area contributed by atoms with Crippen LogP contribution in [0.15, 0.2) is 0 Å². The van der Waals surface area contributed by atoms with Crippen molar-refractivity contribution >= 4 is 0 Å². The number of hydrogen-bond acceptors (Lipinski definition) is 1. The summed E-state index contributed by atoms with van der Waals surface area (Å²) in [6.07, 6.45) is 9.82. The normalized spacial score (nSPS) is 25.4. The van der Waals surface area contributed by atoms with Crippen LogP contribution in [0.2, 0.25) is 0 Å². The van der Waals surface area contributed by atoms with Gasteiger partial charge in [0.05, 0.1) is 0 Å². The summed E-state index contributed by atoms with van der Waals surface area (Å²) in [5, 5.41) is 3.64. The van der Waals surface area contributed by atoms with E-state index in [1.54, 1.807) is 0 Å². The van der Waals surface area contributed by atoms with Gasteiger partial charge in [-0.3, -0.25) is 0 Å². The Morgan fingerprint density at radius 3 is 2.60 bits per heavy atom. The van der Waals surface area contributed by atoms with Crippen LogP contribution in [-0.2, 0) is 0 Å². The second-order valence-corrected chi connectivity index (χ2v) is 5.84. The van der Waals surface area contributed by atoms with Crippen LogP contribution < -0.4 is 5.32 Å². The quantitative estimate of drug-likeness (QED) is 0.744. The molecular formula is C14H29N. The average molecular weight is 211 g/mol. The van der Waals surface area contributed by atoms with Crippen LogP contribution in [0.3, 0.4) is 0 Å². The summed E-state index contributed by atoms with van der Waals surface area (Å²) in [4.78, 5) is 0. The van der Waals surface area contributed by atoms with Crippen molar-refractivity contribution in [1.29, 1.82) is 0 Å².